The molecule has 0 spiro atoms. The monoisotopic (exact) mass is 279 g/mol. The molecule has 1 aliphatic rings. The highest BCUT2D eigenvalue weighted by Crippen LogP contribution is 2.36. The number of hydrogen-bond acceptors (Lipinski definition) is 7. The van der Waals surface area contributed by atoms with Gasteiger partial charge in [0.15, 0.2) is 11.2 Å². The van der Waals surface area contributed by atoms with Gasteiger partial charge in [0.05, 0.1) is 26.1 Å². The third-order valence-corrected chi connectivity index (χ3v) is 3.53. The Kier molecular flexibility index (Phi) is 3.19. The summed E-state index contributed by atoms with van der Waals surface area (Å²) in [5.74, 6) is 0.711. The molecule has 0 saturated carbocycles. The summed E-state index contributed by atoms with van der Waals surface area (Å²) < 4.78 is 12.8. The number of rotatable bonds is 3. The fourth-order valence-electron chi connectivity index (χ4n) is 2.61. The van der Waals surface area contributed by atoms with Crippen LogP contribution in [0.4, 0.5) is 5.95 Å². The number of nitrogen functional groups attached to an aromatic ring is 1. The highest BCUT2D eigenvalue weighted by Gasteiger charge is 2.34. The Balaban J connectivity index is 2.07. The lowest BCUT2D eigenvalue weighted by Gasteiger charge is -2.17. The number of fused-ring (bicyclic) bond motifs is 1. The van der Waals surface area contributed by atoms with Crippen molar-refractivity contribution in [2.45, 2.75) is 25.7 Å². The van der Waals surface area contributed by atoms with E-state index in [2.05, 4.69) is 21.9 Å². The lowest BCUT2D eigenvalue weighted by atomic mass is 10.1. The van der Waals surface area contributed by atoms with Crippen LogP contribution in [0, 0.1) is 5.92 Å². The van der Waals surface area contributed by atoms with Crippen LogP contribution in [0.1, 0.15) is 19.6 Å². The predicted molar refractivity (Wildman–Crippen MR) is 71.1 cm³/mol. The van der Waals surface area contributed by atoms with Gasteiger partial charge in [0.25, 0.3) is 0 Å². The number of hydrogen-bond donors (Lipinski definition) is 2. The summed E-state index contributed by atoms with van der Waals surface area (Å²) in [4.78, 5) is 12.5. The second-order valence-electron chi connectivity index (χ2n) is 4.96. The van der Waals surface area contributed by atoms with Crippen LogP contribution in [-0.4, -0.2) is 44.4 Å². The second kappa shape index (κ2) is 4.88. The summed E-state index contributed by atoms with van der Waals surface area (Å²) in [7, 11) is 1.51. The smallest absolute Gasteiger partial charge is 0.246 e. The van der Waals surface area contributed by atoms with Gasteiger partial charge in [0, 0.05) is 5.92 Å². The molecule has 0 aromatic carbocycles. The lowest BCUT2D eigenvalue weighted by molar-refractivity contribution is -0.0294. The first-order valence-corrected chi connectivity index (χ1v) is 6.44. The van der Waals surface area contributed by atoms with Gasteiger partial charge < -0.3 is 20.3 Å². The molecule has 2 aromatic heterocycles. The van der Waals surface area contributed by atoms with Crippen LogP contribution in [0.15, 0.2) is 6.33 Å². The Labute approximate surface area is 115 Å². The molecular formula is C12H17N5O3. The maximum atomic E-state index is 9.22. The number of nitrogens with two attached hydrogens (primary N) is 1. The Morgan fingerprint density at radius 3 is 3.00 bits per heavy atom. The normalized spacial score (nSPS) is 26.2. The number of ether oxygens (including phenoxy) is 2. The molecular weight excluding hydrogens is 262 g/mol. The van der Waals surface area contributed by atoms with E-state index in [0.717, 1.165) is 6.42 Å². The first-order valence-electron chi connectivity index (χ1n) is 6.44. The summed E-state index contributed by atoms with van der Waals surface area (Å²) in [6.45, 7) is 2.07. The van der Waals surface area contributed by atoms with E-state index in [1.165, 1.54) is 7.11 Å². The molecule has 1 fully saturated rings. The lowest BCUT2D eigenvalue weighted by Crippen LogP contribution is -2.15. The fourth-order valence-corrected chi connectivity index (χ4v) is 2.61. The molecule has 0 amide bonds. The maximum Gasteiger partial charge on any atom is 0.246 e. The SMILES string of the molecule is COc1nc(N)nc2c1ncn2C1O[C@H](CO)CC1C. The van der Waals surface area contributed by atoms with Crippen LogP contribution >= 0.6 is 0 Å². The third-order valence-electron chi connectivity index (χ3n) is 3.53. The number of aliphatic hydroxyl groups is 1. The van der Waals surface area contributed by atoms with Crippen molar-refractivity contribution in [2.24, 2.45) is 5.92 Å². The summed E-state index contributed by atoms with van der Waals surface area (Å²) in [5.41, 5.74) is 6.81. The first kappa shape index (κ1) is 13.1. The van der Waals surface area contributed by atoms with Crippen molar-refractivity contribution in [3.8, 4) is 5.88 Å². The minimum absolute atomic E-state index is 0.00785. The molecule has 108 valence electrons. The van der Waals surface area contributed by atoms with E-state index in [9.17, 15) is 5.11 Å². The molecule has 0 radical (unpaired) electrons. The molecule has 20 heavy (non-hydrogen) atoms. The highest BCUT2D eigenvalue weighted by atomic mass is 16.5. The summed E-state index contributed by atoms with van der Waals surface area (Å²) >= 11 is 0. The quantitative estimate of drug-likeness (QED) is 0.833. The number of aromatic nitrogens is 4. The Morgan fingerprint density at radius 2 is 2.35 bits per heavy atom. The van der Waals surface area contributed by atoms with Crippen LogP contribution in [0.25, 0.3) is 11.2 Å². The van der Waals surface area contributed by atoms with Crippen molar-refractivity contribution in [2.75, 3.05) is 19.5 Å². The molecule has 1 aliphatic heterocycles. The number of anilines is 1. The van der Waals surface area contributed by atoms with Crippen LogP contribution in [0.2, 0.25) is 0 Å². The van der Waals surface area contributed by atoms with Gasteiger partial charge in [-0.2, -0.15) is 9.97 Å². The average molecular weight is 279 g/mol. The zero-order chi connectivity index (χ0) is 14.3. The van der Waals surface area contributed by atoms with Gasteiger partial charge in [-0.15, -0.1) is 0 Å². The van der Waals surface area contributed by atoms with Crippen LogP contribution in [0.3, 0.4) is 0 Å². The van der Waals surface area contributed by atoms with Gasteiger partial charge in [0.2, 0.25) is 11.8 Å². The molecule has 3 rings (SSSR count). The summed E-state index contributed by atoms with van der Waals surface area (Å²) in [5, 5.41) is 9.22. The molecule has 3 heterocycles. The van der Waals surface area contributed by atoms with E-state index < -0.39 is 0 Å². The van der Waals surface area contributed by atoms with Gasteiger partial charge in [-0.3, -0.25) is 4.57 Å². The molecule has 3 N–H and O–H groups in total. The summed E-state index contributed by atoms with van der Waals surface area (Å²) in [6.07, 6.45) is 2.05. The van der Waals surface area contributed by atoms with Crippen LogP contribution in [0.5, 0.6) is 5.88 Å². The van der Waals surface area contributed by atoms with Crippen molar-refractivity contribution in [1.82, 2.24) is 19.5 Å². The first-order chi connectivity index (χ1) is 9.63. The molecule has 2 unspecified atom stereocenters. The number of methoxy groups -OCH3 is 1. The molecule has 2 aromatic rings. The van der Waals surface area contributed by atoms with E-state index >= 15 is 0 Å². The van der Waals surface area contributed by atoms with E-state index in [1.807, 2.05) is 4.57 Å². The Morgan fingerprint density at radius 1 is 1.55 bits per heavy atom. The van der Waals surface area contributed by atoms with Crippen molar-refractivity contribution >= 4 is 17.1 Å². The molecule has 0 bridgehead atoms. The topological polar surface area (TPSA) is 108 Å². The van der Waals surface area contributed by atoms with E-state index in [1.54, 1.807) is 6.33 Å². The Hall–Kier alpha value is -1.93. The molecule has 8 heteroatoms. The Bertz CT molecular complexity index is 629. The average Bonchev–Trinajstić information content (AvgIpc) is 3.00. The van der Waals surface area contributed by atoms with Crippen molar-refractivity contribution in [1.29, 1.82) is 0 Å². The minimum Gasteiger partial charge on any atom is -0.479 e. The summed E-state index contributed by atoms with van der Waals surface area (Å²) in [6, 6.07) is 0. The largest absolute Gasteiger partial charge is 0.479 e. The fraction of sp³-hybridized carbons (Fsp3) is 0.583. The van der Waals surface area contributed by atoms with Crippen LogP contribution in [-0.2, 0) is 4.74 Å². The van der Waals surface area contributed by atoms with E-state index in [4.69, 9.17) is 15.2 Å². The molecule has 0 aliphatic carbocycles. The molecule has 3 atom stereocenters. The number of aliphatic hydroxyl groups excluding tert-OH is 1. The molecule has 1 saturated heterocycles. The van der Waals surface area contributed by atoms with E-state index in [-0.39, 0.29) is 30.8 Å². The van der Waals surface area contributed by atoms with E-state index in [0.29, 0.717) is 17.0 Å². The number of nitrogens with zero attached hydrogens (tertiary/aromatic N) is 4. The number of imidazole rings is 1. The second-order valence-corrected chi connectivity index (χ2v) is 4.96. The van der Waals surface area contributed by atoms with Crippen molar-refractivity contribution in [3.63, 3.8) is 0 Å². The van der Waals surface area contributed by atoms with Gasteiger partial charge in [-0.1, -0.05) is 6.92 Å². The minimum atomic E-state index is -0.226. The van der Waals surface area contributed by atoms with Crippen LogP contribution < -0.4 is 10.5 Å². The maximum absolute atomic E-state index is 9.22. The van der Waals surface area contributed by atoms with Crippen molar-refractivity contribution < 1.29 is 14.6 Å². The predicted octanol–water partition coefficient (Wildman–Crippen LogP) is 0.333. The standard InChI is InChI=1S/C12H17N5O3/c1-6-3-7(4-18)20-11(6)17-5-14-8-9(17)15-12(13)16-10(8)19-2/h5-7,11,18H,3-4H2,1-2H3,(H2,13,15,16)/t6?,7-,11?/m0/s1. The highest BCUT2D eigenvalue weighted by molar-refractivity contribution is 5.77. The van der Waals surface area contributed by atoms with Crippen molar-refractivity contribution in [3.05, 3.63) is 6.33 Å². The third kappa shape index (κ3) is 1.97. The zero-order valence-electron chi connectivity index (χ0n) is 11.4. The zero-order valence-corrected chi connectivity index (χ0v) is 11.4. The van der Waals surface area contributed by atoms with Gasteiger partial charge in [-0.05, 0) is 6.42 Å². The van der Waals surface area contributed by atoms with Gasteiger partial charge in [0.1, 0.15) is 6.23 Å². The van der Waals surface area contributed by atoms with Gasteiger partial charge in [-0.25, -0.2) is 4.98 Å². The molecule has 8 nitrogen and oxygen atoms in total. The van der Waals surface area contributed by atoms with Gasteiger partial charge >= 0.3 is 0 Å².